The Balaban J connectivity index is 2.19. The molecule has 1 N–H and O–H groups in total. The van der Waals surface area contributed by atoms with E-state index in [9.17, 15) is 13.6 Å². The minimum Gasteiger partial charge on any atom is -0.478 e. The normalized spacial score (nSPS) is 10.1. The van der Waals surface area contributed by atoms with Crippen molar-refractivity contribution in [2.75, 3.05) is 0 Å². The molecule has 0 heterocycles. The second kappa shape index (κ2) is 8.26. The molecular formula is C20H18F2O2. The van der Waals surface area contributed by atoms with Crippen molar-refractivity contribution in [1.82, 2.24) is 0 Å². The van der Waals surface area contributed by atoms with Crippen LogP contribution in [-0.2, 0) is 6.42 Å². The maximum atomic E-state index is 14.1. The highest BCUT2D eigenvalue weighted by Gasteiger charge is 2.09. The van der Waals surface area contributed by atoms with Gasteiger partial charge in [-0.05, 0) is 54.8 Å². The Morgan fingerprint density at radius 2 is 1.67 bits per heavy atom. The van der Waals surface area contributed by atoms with Crippen LogP contribution < -0.4 is 0 Å². The Bertz CT molecular complexity index is 761. The monoisotopic (exact) mass is 328 g/mol. The molecule has 0 fully saturated rings. The third-order valence-corrected chi connectivity index (χ3v) is 3.63. The fourth-order valence-corrected chi connectivity index (χ4v) is 2.30. The molecule has 0 aliphatic carbocycles. The van der Waals surface area contributed by atoms with Crippen LogP contribution in [0.3, 0.4) is 0 Å². The van der Waals surface area contributed by atoms with E-state index in [0.717, 1.165) is 19.3 Å². The van der Waals surface area contributed by atoms with Gasteiger partial charge in [0, 0.05) is 5.56 Å². The van der Waals surface area contributed by atoms with E-state index in [4.69, 9.17) is 5.11 Å². The first kappa shape index (κ1) is 17.7. The maximum absolute atomic E-state index is 14.1. The molecule has 2 nitrogen and oxygen atoms in total. The van der Waals surface area contributed by atoms with Gasteiger partial charge in [-0.2, -0.15) is 0 Å². The van der Waals surface area contributed by atoms with Crippen molar-refractivity contribution in [3.8, 4) is 11.8 Å². The van der Waals surface area contributed by atoms with Gasteiger partial charge in [-0.3, -0.25) is 0 Å². The zero-order chi connectivity index (χ0) is 17.5. The number of hydrogen-bond acceptors (Lipinski definition) is 1. The molecule has 2 aromatic carbocycles. The van der Waals surface area contributed by atoms with E-state index in [1.165, 1.54) is 36.4 Å². The van der Waals surface area contributed by atoms with E-state index in [-0.39, 0.29) is 11.1 Å². The number of carboxylic acid groups (broad SMARTS) is 1. The lowest BCUT2D eigenvalue weighted by molar-refractivity contribution is 0.0697. The summed E-state index contributed by atoms with van der Waals surface area (Å²) in [5.74, 6) is 2.77. The van der Waals surface area contributed by atoms with Crippen LogP contribution >= 0.6 is 0 Å². The number of halogens is 2. The fourth-order valence-electron chi connectivity index (χ4n) is 2.30. The highest BCUT2D eigenvalue weighted by atomic mass is 19.1. The minimum atomic E-state index is -1.04. The van der Waals surface area contributed by atoms with Crippen LogP contribution in [0.15, 0.2) is 36.4 Å². The fraction of sp³-hybridized carbons (Fsp3) is 0.250. The Hall–Kier alpha value is -2.67. The summed E-state index contributed by atoms with van der Waals surface area (Å²) in [7, 11) is 0. The molecule has 0 saturated carbocycles. The highest BCUT2D eigenvalue weighted by molar-refractivity contribution is 5.87. The van der Waals surface area contributed by atoms with E-state index >= 15 is 0 Å². The summed E-state index contributed by atoms with van der Waals surface area (Å²) in [6.45, 7) is 2.07. The van der Waals surface area contributed by atoms with Gasteiger partial charge in [-0.25, -0.2) is 13.6 Å². The molecule has 24 heavy (non-hydrogen) atoms. The number of carbonyl (C=O) groups is 1. The maximum Gasteiger partial charge on any atom is 0.335 e. The Kier molecular flexibility index (Phi) is 6.08. The third kappa shape index (κ3) is 4.66. The van der Waals surface area contributed by atoms with Crippen LogP contribution in [0.5, 0.6) is 0 Å². The number of benzene rings is 2. The van der Waals surface area contributed by atoms with E-state index in [0.29, 0.717) is 17.5 Å². The smallest absolute Gasteiger partial charge is 0.335 e. The molecule has 2 aromatic rings. The van der Waals surface area contributed by atoms with Gasteiger partial charge in [-0.15, -0.1) is 0 Å². The Morgan fingerprint density at radius 3 is 2.21 bits per heavy atom. The molecule has 124 valence electrons. The van der Waals surface area contributed by atoms with Gasteiger partial charge in [0.1, 0.15) is 11.6 Å². The van der Waals surface area contributed by atoms with Crippen molar-refractivity contribution in [1.29, 1.82) is 0 Å². The number of aryl methyl sites for hydroxylation is 1. The van der Waals surface area contributed by atoms with Crippen molar-refractivity contribution >= 4 is 5.97 Å². The summed E-state index contributed by atoms with van der Waals surface area (Å²) in [5.41, 5.74) is 0.992. The topological polar surface area (TPSA) is 37.3 Å². The van der Waals surface area contributed by atoms with Crippen molar-refractivity contribution in [3.63, 3.8) is 0 Å². The predicted octanol–water partition coefficient (Wildman–Crippen LogP) is 4.80. The van der Waals surface area contributed by atoms with Crippen LogP contribution in [-0.4, -0.2) is 11.1 Å². The largest absolute Gasteiger partial charge is 0.478 e. The van der Waals surface area contributed by atoms with Gasteiger partial charge < -0.3 is 5.11 Å². The molecule has 0 spiro atoms. The molecular weight excluding hydrogens is 310 g/mol. The highest BCUT2D eigenvalue weighted by Crippen LogP contribution is 2.17. The molecule has 4 heteroatoms. The average molecular weight is 328 g/mol. The minimum absolute atomic E-state index is 0.134. The van der Waals surface area contributed by atoms with E-state index < -0.39 is 17.6 Å². The summed E-state index contributed by atoms with van der Waals surface area (Å²) in [5, 5.41) is 8.82. The molecule has 0 radical (unpaired) electrons. The van der Waals surface area contributed by atoms with Gasteiger partial charge in [0.05, 0.1) is 11.1 Å². The third-order valence-electron chi connectivity index (χ3n) is 3.63. The molecule has 0 bridgehead atoms. The Morgan fingerprint density at radius 1 is 1.04 bits per heavy atom. The summed E-state index contributed by atoms with van der Waals surface area (Å²) in [6, 6.07) is 8.47. The molecule has 0 atom stereocenters. The second-order valence-corrected chi connectivity index (χ2v) is 5.52. The van der Waals surface area contributed by atoms with Crippen molar-refractivity contribution in [3.05, 3.63) is 70.3 Å². The lowest BCUT2D eigenvalue weighted by Crippen LogP contribution is -1.96. The zero-order valence-corrected chi connectivity index (χ0v) is 13.4. The standard InChI is InChI=1S/C20H18F2O2/c1-2-3-4-5-15-12-18(21)17(19(22)13-15)11-8-14-6-9-16(10-7-14)20(23)24/h6-7,9-10,12-13H,2-5H2,1H3,(H,23,24). The summed E-state index contributed by atoms with van der Waals surface area (Å²) < 4.78 is 28.1. The van der Waals surface area contributed by atoms with E-state index in [2.05, 4.69) is 18.8 Å². The van der Waals surface area contributed by atoms with Crippen molar-refractivity contribution < 1.29 is 18.7 Å². The molecule has 2 rings (SSSR count). The summed E-state index contributed by atoms with van der Waals surface area (Å²) >= 11 is 0. The molecule has 0 aromatic heterocycles. The van der Waals surface area contributed by atoms with Crippen LogP contribution in [0, 0.1) is 23.5 Å². The van der Waals surface area contributed by atoms with Gasteiger partial charge in [-0.1, -0.05) is 31.6 Å². The van der Waals surface area contributed by atoms with Crippen molar-refractivity contribution in [2.45, 2.75) is 32.6 Å². The first-order valence-electron chi connectivity index (χ1n) is 7.84. The average Bonchev–Trinajstić information content (AvgIpc) is 2.55. The van der Waals surface area contributed by atoms with Crippen molar-refractivity contribution in [2.24, 2.45) is 0 Å². The number of rotatable bonds is 5. The van der Waals surface area contributed by atoms with Crippen LogP contribution in [0.25, 0.3) is 0 Å². The first-order valence-corrected chi connectivity index (χ1v) is 7.84. The first-order chi connectivity index (χ1) is 11.5. The second-order valence-electron chi connectivity index (χ2n) is 5.52. The number of hydrogen-bond donors (Lipinski definition) is 1. The Labute approximate surface area is 140 Å². The molecule has 0 aliphatic heterocycles. The molecule has 0 saturated heterocycles. The zero-order valence-electron chi connectivity index (χ0n) is 13.4. The summed E-state index contributed by atoms with van der Waals surface area (Å²) in [6.07, 6.45) is 3.62. The number of aromatic carboxylic acids is 1. The van der Waals surface area contributed by atoms with Gasteiger partial charge in [0.2, 0.25) is 0 Å². The summed E-state index contributed by atoms with van der Waals surface area (Å²) in [4.78, 5) is 10.8. The lowest BCUT2D eigenvalue weighted by atomic mass is 10.0. The van der Waals surface area contributed by atoms with E-state index in [1.54, 1.807) is 0 Å². The number of unbranched alkanes of at least 4 members (excludes halogenated alkanes) is 2. The SMILES string of the molecule is CCCCCc1cc(F)c(C#Cc2ccc(C(=O)O)cc2)c(F)c1. The van der Waals surface area contributed by atoms with Crippen LogP contribution in [0.2, 0.25) is 0 Å². The molecule has 0 amide bonds. The molecule has 0 unspecified atom stereocenters. The van der Waals surface area contributed by atoms with Crippen LogP contribution in [0.4, 0.5) is 8.78 Å². The van der Waals surface area contributed by atoms with Gasteiger partial charge in [0.25, 0.3) is 0 Å². The molecule has 0 aliphatic rings. The van der Waals surface area contributed by atoms with Crippen LogP contribution in [0.1, 0.15) is 53.2 Å². The van der Waals surface area contributed by atoms with E-state index in [1.807, 2.05) is 0 Å². The lowest BCUT2D eigenvalue weighted by Gasteiger charge is -2.04. The van der Waals surface area contributed by atoms with Gasteiger partial charge in [0.15, 0.2) is 0 Å². The number of carboxylic acids is 1. The van der Waals surface area contributed by atoms with Gasteiger partial charge >= 0.3 is 5.97 Å². The quantitative estimate of drug-likeness (QED) is 0.632. The predicted molar refractivity (Wildman–Crippen MR) is 89.0 cm³/mol.